The van der Waals surface area contributed by atoms with E-state index in [-0.39, 0.29) is 5.03 Å². The predicted molar refractivity (Wildman–Crippen MR) is 152 cm³/mol. The van der Waals surface area contributed by atoms with Crippen molar-refractivity contribution >= 4 is 63.5 Å². The number of hydrogen-bond acceptors (Lipinski definition) is 7. The molecule has 2 unspecified atom stereocenters. The second-order valence-corrected chi connectivity index (χ2v) is 12.9. The number of thiazole rings is 1. The Morgan fingerprint density at radius 1 is 0.841 bits per heavy atom. The van der Waals surface area contributed by atoms with Crippen LogP contribution < -0.4 is 15.1 Å². The lowest BCUT2D eigenvalue weighted by Crippen LogP contribution is -2.33. The summed E-state index contributed by atoms with van der Waals surface area (Å²) in [5.41, 5.74) is -3.38. The van der Waals surface area contributed by atoms with Crippen molar-refractivity contribution < 1.29 is 40.7 Å². The molecule has 2 aromatic heterocycles. The molecule has 1 saturated heterocycles. The topological polar surface area (TPSA) is 88.5 Å². The molecule has 1 N–H and O–H groups in total. The maximum absolute atomic E-state index is 13.9. The summed E-state index contributed by atoms with van der Waals surface area (Å²) in [6.07, 6.45) is -9.62. The number of fused-ring (bicyclic) bond motifs is 2. The van der Waals surface area contributed by atoms with Crippen molar-refractivity contribution in [1.82, 2.24) is 4.57 Å². The third kappa shape index (κ3) is 5.13. The molecule has 2 aromatic carbocycles. The number of thiophene rings is 1. The van der Waals surface area contributed by atoms with E-state index >= 15 is 0 Å². The number of rotatable bonds is 5. The molecule has 4 aromatic rings. The Labute approximate surface area is 256 Å². The van der Waals surface area contributed by atoms with Gasteiger partial charge in [-0.25, -0.2) is 4.90 Å². The minimum Gasteiger partial charge on any atom is -0.324 e. The molecule has 0 aliphatic carbocycles. The third-order valence-corrected chi connectivity index (χ3v) is 10.7. The first-order valence-electron chi connectivity index (χ1n) is 12.7. The van der Waals surface area contributed by atoms with E-state index in [2.05, 4.69) is 5.32 Å². The van der Waals surface area contributed by atoms with Gasteiger partial charge in [0.25, 0.3) is 0 Å². The van der Waals surface area contributed by atoms with Gasteiger partial charge in [-0.2, -0.15) is 26.3 Å². The van der Waals surface area contributed by atoms with E-state index in [1.807, 2.05) is 0 Å². The highest BCUT2D eigenvalue weighted by Gasteiger charge is 2.58. The maximum atomic E-state index is 13.9. The number of para-hydroxylation sites is 2. The van der Waals surface area contributed by atoms with Crippen LogP contribution in [0.15, 0.2) is 75.9 Å². The van der Waals surface area contributed by atoms with Gasteiger partial charge in [-0.05, 0) is 35.7 Å². The summed E-state index contributed by atoms with van der Waals surface area (Å²) in [5.74, 6) is -4.76. The Balaban J connectivity index is 1.39. The van der Waals surface area contributed by atoms with E-state index in [1.165, 1.54) is 23.5 Å². The number of halogens is 6. The third-order valence-electron chi connectivity index (χ3n) is 7.16. The van der Waals surface area contributed by atoms with Crippen LogP contribution >= 0.6 is 34.4 Å². The van der Waals surface area contributed by atoms with Crippen LogP contribution in [0.3, 0.4) is 0 Å². The molecule has 0 radical (unpaired) electrons. The number of nitrogens with zero attached hydrogens (tertiary/aromatic N) is 2. The minimum absolute atomic E-state index is 0.144. The quantitative estimate of drug-likeness (QED) is 0.195. The average molecular weight is 670 g/mol. The van der Waals surface area contributed by atoms with Gasteiger partial charge in [-0.3, -0.25) is 23.7 Å². The fraction of sp³-hybridized carbons (Fsp3) is 0.214. The molecule has 44 heavy (non-hydrogen) atoms. The van der Waals surface area contributed by atoms with E-state index in [0.717, 1.165) is 52.7 Å². The number of imide groups is 1. The lowest BCUT2D eigenvalue weighted by molar-refractivity contribution is -0.138. The number of carbonyl (C=O) groups excluding carboxylic acids is 3. The van der Waals surface area contributed by atoms with Gasteiger partial charge in [0, 0.05) is 15.7 Å². The first kappa shape index (κ1) is 30.1. The lowest BCUT2D eigenvalue weighted by Gasteiger charge is -2.29. The number of nitrogens with one attached hydrogen (secondary N) is 1. The van der Waals surface area contributed by atoms with Gasteiger partial charge in [0.2, 0.25) is 17.7 Å². The molecular formula is C28H17F6N3O4S3. The van der Waals surface area contributed by atoms with Gasteiger partial charge in [-0.15, -0.1) is 11.3 Å². The standard InChI is InChI=1S/C28H17F6N3O4S3/c29-27(30,31)13-6-1-3-8-15(13)35-18(38)12-36-25-22(44-26(36)41)19(17-10-5-11-42-17)20-21(43-25)24(40)37(23(20)39)16-9-4-2-7-14(16)28(32,33)34/h1-11,19-21H,12H2,(H,35,38)/t19-,20?,21?/m1/s1. The van der Waals surface area contributed by atoms with Crippen molar-refractivity contribution in [3.8, 4) is 0 Å². The second kappa shape index (κ2) is 10.9. The van der Waals surface area contributed by atoms with E-state index < -0.39 is 81.1 Å². The number of carbonyl (C=O) groups is 3. The fourth-order valence-corrected chi connectivity index (χ4v) is 9.07. The van der Waals surface area contributed by atoms with Crippen LogP contribution in [-0.4, -0.2) is 27.5 Å². The summed E-state index contributed by atoms with van der Waals surface area (Å²) >= 11 is 2.71. The van der Waals surface area contributed by atoms with Gasteiger partial charge >= 0.3 is 17.2 Å². The molecule has 7 nitrogen and oxygen atoms in total. The molecule has 2 aliphatic rings. The van der Waals surface area contributed by atoms with Gasteiger partial charge in [0.05, 0.1) is 33.4 Å². The predicted octanol–water partition coefficient (Wildman–Crippen LogP) is 6.44. The molecule has 1 fully saturated rings. The summed E-state index contributed by atoms with van der Waals surface area (Å²) in [5, 5.41) is 2.79. The zero-order valence-electron chi connectivity index (χ0n) is 21.8. The van der Waals surface area contributed by atoms with Crippen molar-refractivity contribution in [3.05, 3.63) is 96.6 Å². The number of amides is 3. The molecule has 2 aliphatic heterocycles. The number of thioether (sulfide) groups is 1. The first-order valence-corrected chi connectivity index (χ1v) is 15.3. The fourth-order valence-electron chi connectivity index (χ4n) is 5.35. The van der Waals surface area contributed by atoms with E-state index in [4.69, 9.17) is 0 Å². The number of alkyl halides is 6. The van der Waals surface area contributed by atoms with Crippen molar-refractivity contribution in [2.24, 2.45) is 5.92 Å². The van der Waals surface area contributed by atoms with Crippen molar-refractivity contribution in [2.45, 2.75) is 35.1 Å². The van der Waals surface area contributed by atoms with Crippen molar-refractivity contribution in [1.29, 1.82) is 0 Å². The van der Waals surface area contributed by atoms with E-state index in [9.17, 15) is 45.5 Å². The summed E-state index contributed by atoms with van der Waals surface area (Å²) < 4.78 is 83.0. The molecule has 3 atom stereocenters. The van der Waals surface area contributed by atoms with Crippen LogP contribution in [0.1, 0.15) is 26.8 Å². The number of hydrogen-bond donors (Lipinski definition) is 1. The maximum Gasteiger partial charge on any atom is 0.418 e. The molecule has 0 spiro atoms. The zero-order valence-corrected chi connectivity index (χ0v) is 24.3. The molecular weight excluding hydrogens is 653 g/mol. The molecule has 228 valence electrons. The Hall–Kier alpha value is -3.89. The van der Waals surface area contributed by atoms with Crippen LogP contribution in [0, 0.1) is 5.92 Å². The van der Waals surface area contributed by atoms with Crippen LogP contribution in [0.5, 0.6) is 0 Å². The average Bonchev–Trinajstić information content (AvgIpc) is 3.65. The second-order valence-electron chi connectivity index (χ2n) is 9.80. The SMILES string of the molecule is O=C(Cn1c2c(sc1=O)[C@H](c1cccs1)C1C(=O)N(c3ccccc3C(F)(F)F)C(=O)C1S2)Nc1ccccc1C(F)(F)F. The highest BCUT2D eigenvalue weighted by Crippen LogP contribution is 2.55. The molecule has 4 heterocycles. The van der Waals surface area contributed by atoms with Crippen LogP contribution in [0.2, 0.25) is 0 Å². The smallest absolute Gasteiger partial charge is 0.324 e. The molecule has 0 saturated carbocycles. The normalized spacial score (nSPS) is 20.0. The minimum atomic E-state index is -4.86. The van der Waals surface area contributed by atoms with Gasteiger partial charge < -0.3 is 5.32 Å². The highest BCUT2D eigenvalue weighted by atomic mass is 32.2. The van der Waals surface area contributed by atoms with Gasteiger partial charge in [0.1, 0.15) is 11.8 Å². The van der Waals surface area contributed by atoms with Gasteiger partial charge in [-0.1, -0.05) is 53.4 Å². The summed E-state index contributed by atoms with van der Waals surface area (Å²) in [7, 11) is 0. The monoisotopic (exact) mass is 669 g/mol. The van der Waals surface area contributed by atoms with Crippen LogP contribution in [0.25, 0.3) is 0 Å². The molecule has 0 bridgehead atoms. The van der Waals surface area contributed by atoms with Crippen molar-refractivity contribution in [3.63, 3.8) is 0 Å². The zero-order chi connectivity index (χ0) is 31.6. The Kier molecular flexibility index (Phi) is 7.49. The van der Waals surface area contributed by atoms with Crippen molar-refractivity contribution in [2.75, 3.05) is 10.2 Å². The summed E-state index contributed by atoms with van der Waals surface area (Å²) in [4.78, 5) is 54.4. The largest absolute Gasteiger partial charge is 0.418 e. The Morgan fingerprint density at radius 2 is 1.50 bits per heavy atom. The number of aromatic nitrogens is 1. The highest BCUT2D eigenvalue weighted by molar-refractivity contribution is 8.00. The molecule has 3 amide bonds. The number of anilines is 2. The van der Waals surface area contributed by atoms with E-state index in [0.29, 0.717) is 26.0 Å². The lowest BCUT2D eigenvalue weighted by atomic mass is 9.87. The van der Waals surface area contributed by atoms with Crippen LogP contribution in [0.4, 0.5) is 37.7 Å². The summed E-state index contributed by atoms with van der Waals surface area (Å²) in [6.45, 7) is -0.707. The van der Waals surface area contributed by atoms with Gasteiger partial charge in [0.15, 0.2) is 0 Å². The van der Waals surface area contributed by atoms with Crippen LogP contribution in [-0.2, 0) is 33.3 Å². The van der Waals surface area contributed by atoms with E-state index in [1.54, 1.807) is 17.5 Å². The Bertz CT molecular complexity index is 1850. The number of benzene rings is 2. The Morgan fingerprint density at radius 3 is 2.16 bits per heavy atom. The molecule has 6 rings (SSSR count). The first-order chi connectivity index (χ1) is 20.8. The summed E-state index contributed by atoms with van der Waals surface area (Å²) in [6, 6.07) is 11.9. The molecule has 16 heteroatoms.